The summed E-state index contributed by atoms with van der Waals surface area (Å²) in [5.41, 5.74) is 0.644. The Morgan fingerprint density at radius 3 is 2.83 bits per heavy atom. The number of hydrogen-bond donors (Lipinski definition) is 0. The smallest absolute Gasteiger partial charge is 0.235 e. The molecule has 2 aliphatic rings. The van der Waals surface area contributed by atoms with Crippen LogP contribution in [0.2, 0.25) is 0 Å². The van der Waals surface area contributed by atoms with Gasteiger partial charge in [0.2, 0.25) is 6.08 Å². The molecule has 18 heavy (non-hydrogen) atoms. The number of rotatable bonds is 5. The molecule has 0 radical (unpaired) electrons. The molecule has 0 spiro atoms. The summed E-state index contributed by atoms with van der Waals surface area (Å²) >= 11 is 3.52. The molecule has 1 aromatic carbocycles. The molecule has 0 atom stereocenters. The van der Waals surface area contributed by atoms with E-state index >= 15 is 0 Å². The molecule has 3 nitrogen and oxygen atoms in total. The third-order valence-corrected chi connectivity index (χ3v) is 4.24. The van der Waals surface area contributed by atoms with Crippen LogP contribution in [-0.4, -0.2) is 12.7 Å². The molecular weight excluding hydrogens is 294 g/mol. The van der Waals surface area contributed by atoms with E-state index in [9.17, 15) is 4.79 Å². The molecule has 0 aromatic heterocycles. The van der Waals surface area contributed by atoms with E-state index in [1.54, 1.807) is 6.08 Å². The second-order valence-corrected chi connectivity index (χ2v) is 5.96. The van der Waals surface area contributed by atoms with Crippen molar-refractivity contribution in [2.75, 3.05) is 6.61 Å². The lowest BCUT2D eigenvalue weighted by Crippen LogP contribution is -2.09. The Hall–Kier alpha value is -1.12. The van der Waals surface area contributed by atoms with Gasteiger partial charge < -0.3 is 4.74 Å². The van der Waals surface area contributed by atoms with Crippen LogP contribution in [0, 0.1) is 5.92 Å². The number of hydrogen-bond acceptors (Lipinski definition) is 3. The van der Waals surface area contributed by atoms with Crippen LogP contribution < -0.4 is 4.74 Å². The van der Waals surface area contributed by atoms with Gasteiger partial charge in [-0.1, -0.05) is 12.1 Å². The Labute approximate surface area is 114 Å². The molecule has 0 heterocycles. The predicted octanol–water partition coefficient (Wildman–Crippen LogP) is 3.56. The van der Waals surface area contributed by atoms with Crippen LogP contribution in [0.15, 0.2) is 27.7 Å². The zero-order chi connectivity index (χ0) is 12.6. The summed E-state index contributed by atoms with van der Waals surface area (Å²) in [5, 5.41) is 0. The van der Waals surface area contributed by atoms with Crippen molar-refractivity contribution in [1.29, 1.82) is 0 Å². The first-order valence-electron chi connectivity index (χ1n) is 6.26. The molecule has 2 fully saturated rings. The van der Waals surface area contributed by atoms with Crippen molar-refractivity contribution < 1.29 is 9.53 Å². The van der Waals surface area contributed by atoms with Crippen molar-refractivity contribution in [3.05, 3.63) is 28.2 Å². The number of benzene rings is 1. The van der Waals surface area contributed by atoms with Crippen molar-refractivity contribution >= 4 is 22.0 Å². The lowest BCUT2D eigenvalue weighted by atomic mass is 10.0. The standard InChI is InChI=1S/C14H14BrNO2/c15-12-3-1-2-11(14(6-7-14)16-9-17)13(12)18-8-10-4-5-10/h1-3,10H,4-8H2. The molecule has 1 aromatic rings. The summed E-state index contributed by atoms with van der Waals surface area (Å²) in [4.78, 5) is 14.5. The molecule has 2 saturated carbocycles. The largest absolute Gasteiger partial charge is 0.492 e. The number of halogens is 1. The highest BCUT2D eigenvalue weighted by atomic mass is 79.9. The van der Waals surface area contributed by atoms with E-state index < -0.39 is 0 Å². The normalized spacial score (nSPS) is 20.1. The van der Waals surface area contributed by atoms with E-state index in [0.717, 1.165) is 35.2 Å². The SMILES string of the molecule is O=C=NC1(c2cccc(Br)c2OCC2CC2)CC1. The van der Waals surface area contributed by atoms with Gasteiger partial charge in [-0.05, 0) is 53.6 Å². The molecule has 94 valence electrons. The Kier molecular flexibility index (Phi) is 3.00. The van der Waals surface area contributed by atoms with Crippen molar-refractivity contribution in [3.8, 4) is 5.75 Å². The summed E-state index contributed by atoms with van der Waals surface area (Å²) < 4.78 is 6.87. The average Bonchev–Trinajstić information content (AvgIpc) is 3.23. The van der Waals surface area contributed by atoms with Crippen LogP contribution in [0.3, 0.4) is 0 Å². The molecule has 0 saturated heterocycles. The minimum Gasteiger partial charge on any atom is -0.492 e. The fourth-order valence-corrected chi connectivity index (χ4v) is 2.64. The maximum Gasteiger partial charge on any atom is 0.235 e. The summed E-state index contributed by atoms with van der Waals surface area (Å²) in [6.45, 7) is 0.760. The molecule has 0 unspecified atom stereocenters. The first-order chi connectivity index (χ1) is 8.75. The quantitative estimate of drug-likeness (QED) is 0.616. The van der Waals surface area contributed by atoms with E-state index in [0.29, 0.717) is 5.92 Å². The van der Waals surface area contributed by atoms with E-state index in [-0.39, 0.29) is 5.54 Å². The third kappa shape index (κ3) is 2.23. The maximum atomic E-state index is 10.6. The number of aliphatic imine (C=N–C) groups is 1. The highest BCUT2D eigenvalue weighted by molar-refractivity contribution is 9.10. The van der Waals surface area contributed by atoms with Crippen molar-refractivity contribution in [2.24, 2.45) is 10.9 Å². The van der Waals surface area contributed by atoms with Crippen molar-refractivity contribution in [1.82, 2.24) is 0 Å². The van der Waals surface area contributed by atoms with E-state index in [1.165, 1.54) is 12.8 Å². The highest BCUT2D eigenvalue weighted by Gasteiger charge is 2.47. The van der Waals surface area contributed by atoms with E-state index in [2.05, 4.69) is 20.9 Å². The van der Waals surface area contributed by atoms with Crippen molar-refractivity contribution in [3.63, 3.8) is 0 Å². The molecule has 0 amide bonds. The van der Waals surface area contributed by atoms with E-state index in [1.807, 2.05) is 18.2 Å². The van der Waals surface area contributed by atoms with Crippen LogP contribution in [0.4, 0.5) is 0 Å². The first kappa shape index (κ1) is 11.9. The summed E-state index contributed by atoms with van der Waals surface area (Å²) in [7, 11) is 0. The van der Waals surface area contributed by atoms with Gasteiger partial charge >= 0.3 is 0 Å². The topological polar surface area (TPSA) is 38.7 Å². The summed E-state index contributed by atoms with van der Waals surface area (Å²) in [6.07, 6.45) is 6.02. The highest BCUT2D eigenvalue weighted by Crippen LogP contribution is 2.53. The Balaban J connectivity index is 1.92. The number of isocyanates is 1. The Morgan fingerprint density at radius 2 is 2.22 bits per heavy atom. The number of ether oxygens (including phenoxy) is 1. The van der Waals surface area contributed by atoms with Crippen LogP contribution in [-0.2, 0) is 10.3 Å². The number of para-hydroxylation sites is 1. The van der Waals surface area contributed by atoms with Crippen LogP contribution >= 0.6 is 15.9 Å². The molecular formula is C14H14BrNO2. The lowest BCUT2D eigenvalue weighted by Gasteiger charge is -2.16. The van der Waals surface area contributed by atoms with Crippen LogP contribution in [0.25, 0.3) is 0 Å². The Morgan fingerprint density at radius 1 is 1.44 bits per heavy atom. The fraction of sp³-hybridized carbons (Fsp3) is 0.500. The minimum absolute atomic E-state index is 0.371. The van der Waals surface area contributed by atoms with Crippen LogP contribution in [0.1, 0.15) is 31.2 Å². The molecule has 3 rings (SSSR count). The zero-order valence-corrected chi connectivity index (χ0v) is 11.6. The minimum atomic E-state index is -0.371. The van der Waals surface area contributed by atoms with Gasteiger partial charge in [0.05, 0.1) is 11.1 Å². The average molecular weight is 308 g/mol. The predicted molar refractivity (Wildman–Crippen MR) is 71.4 cm³/mol. The first-order valence-corrected chi connectivity index (χ1v) is 7.05. The fourth-order valence-electron chi connectivity index (χ4n) is 2.15. The number of nitrogens with zero attached hydrogens (tertiary/aromatic N) is 1. The lowest BCUT2D eigenvalue weighted by molar-refractivity contribution is 0.292. The molecule has 0 N–H and O–H groups in total. The molecule has 0 aliphatic heterocycles. The number of carbonyl (C=O) groups excluding carboxylic acids is 1. The van der Waals surface area contributed by atoms with E-state index in [4.69, 9.17) is 4.74 Å². The summed E-state index contributed by atoms with van der Waals surface area (Å²) in [6, 6.07) is 5.93. The third-order valence-electron chi connectivity index (χ3n) is 3.61. The molecule has 2 aliphatic carbocycles. The zero-order valence-electron chi connectivity index (χ0n) is 9.99. The molecule has 4 heteroatoms. The van der Waals surface area contributed by atoms with Gasteiger partial charge in [0.15, 0.2) is 0 Å². The summed E-state index contributed by atoms with van der Waals surface area (Å²) in [5.74, 6) is 1.55. The second-order valence-electron chi connectivity index (χ2n) is 5.11. The maximum absolute atomic E-state index is 10.6. The van der Waals surface area contributed by atoms with Gasteiger partial charge in [-0.3, -0.25) is 0 Å². The van der Waals surface area contributed by atoms with Gasteiger partial charge in [0.25, 0.3) is 0 Å². The van der Waals surface area contributed by atoms with Gasteiger partial charge in [-0.25, -0.2) is 4.79 Å². The molecule has 0 bridgehead atoms. The van der Waals surface area contributed by atoms with Gasteiger partial charge in [-0.15, -0.1) is 0 Å². The Bertz CT molecular complexity index is 515. The van der Waals surface area contributed by atoms with Gasteiger partial charge in [-0.2, -0.15) is 4.99 Å². The van der Waals surface area contributed by atoms with Gasteiger partial charge in [0.1, 0.15) is 11.3 Å². The monoisotopic (exact) mass is 307 g/mol. The second kappa shape index (κ2) is 4.52. The van der Waals surface area contributed by atoms with Gasteiger partial charge in [0, 0.05) is 5.56 Å². The van der Waals surface area contributed by atoms with Crippen LogP contribution in [0.5, 0.6) is 5.75 Å². The van der Waals surface area contributed by atoms with Crippen molar-refractivity contribution in [2.45, 2.75) is 31.2 Å².